The lowest BCUT2D eigenvalue weighted by Crippen LogP contribution is -2.38. The lowest BCUT2D eigenvalue weighted by molar-refractivity contribution is -0.0339. The summed E-state index contributed by atoms with van der Waals surface area (Å²) in [6.45, 7) is 3.27. The monoisotopic (exact) mass is 298 g/mol. The first kappa shape index (κ1) is 13.1. The third kappa shape index (κ3) is 2.81. The number of morpholine rings is 1. The molecule has 0 bridgehead atoms. The topological polar surface area (TPSA) is 43.2 Å². The smallest absolute Gasteiger partial charge is 0.128 e. The standard InChI is InChI=1S/C12H15ClN4OS/c1-16-10(13)6-15-11(16)8-17-3-4-18-9(7-17)12-14-2-5-19-12/h2,5-6,9H,3-4,7-8H2,1H3/t9-/m1/s1. The molecule has 19 heavy (non-hydrogen) atoms. The first-order valence-corrected chi connectivity index (χ1v) is 7.39. The molecule has 1 saturated heterocycles. The third-order valence-electron chi connectivity index (χ3n) is 3.27. The molecule has 3 rings (SSSR count). The quantitative estimate of drug-likeness (QED) is 0.870. The first-order valence-electron chi connectivity index (χ1n) is 6.13. The second-order valence-corrected chi connectivity index (χ2v) is 5.83. The Hall–Kier alpha value is -0.950. The summed E-state index contributed by atoms with van der Waals surface area (Å²) < 4.78 is 7.69. The molecule has 0 spiro atoms. The zero-order chi connectivity index (χ0) is 13.2. The highest BCUT2D eigenvalue weighted by molar-refractivity contribution is 7.09. The Morgan fingerprint density at radius 1 is 1.53 bits per heavy atom. The average molecular weight is 299 g/mol. The van der Waals surface area contributed by atoms with Crippen molar-refractivity contribution in [2.45, 2.75) is 12.6 Å². The van der Waals surface area contributed by atoms with Gasteiger partial charge in [0, 0.05) is 31.7 Å². The maximum atomic E-state index is 6.01. The van der Waals surface area contributed by atoms with E-state index in [2.05, 4.69) is 14.9 Å². The molecule has 0 aromatic carbocycles. The Morgan fingerprint density at radius 3 is 3.11 bits per heavy atom. The van der Waals surface area contributed by atoms with Crippen molar-refractivity contribution >= 4 is 22.9 Å². The highest BCUT2D eigenvalue weighted by Crippen LogP contribution is 2.24. The molecule has 0 amide bonds. The molecule has 1 aliphatic heterocycles. The SMILES string of the molecule is Cn1c(Cl)cnc1CN1CCO[C@@H](c2nccs2)C1. The maximum absolute atomic E-state index is 6.01. The molecular formula is C12H15ClN4OS. The molecule has 1 atom stereocenters. The normalized spacial score (nSPS) is 20.8. The largest absolute Gasteiger partial charge is 0.368 e. The van der Waals surface area contributed by atoms with Crippen molar-refractivity contribution in [1.82, 2.24) is 19.4 Å². The predicted octanol–water partition coefficient (Wildman–Crippen LogP) is 2.10. The molecule has 0 aliphatic carbocycles. The molecule has 2 aromatic rings. The number of thiazole rings is 1. The van der Waals surface area contributed by atoms with E-state index in [1.807, 2.05) is 23.2 Å². The van der Waals surface area contributed by atoms with Gasteiger partial charge in [-0.15, -0.1) is 11.3 Å². The van der Waals surface area contributed by atoms with E-state index in [0.717, 1.165) is 37.1 Å². The van der Waals surface area contributed by atoms with Crippen LogP contribution in [-0.2, 0) is 18.3 Å². The van der Waals surface area contributed by atoms with Crippen LogP contribution < -0.4 is 0 Å². The van der Waals surface area contributed by atoms with E-state index in [-0.39, 0.29) is 6.10 Å². The van der Waals surface area contributed by atoms with Crippen molar-refractivity contribution in [2.75, 3.05) is 19.7 Å². The molecule has 0 radical (unpaired) electrons. The van der Waals surface area contributed by atoms with Crippen LogP contribution in [0.2, 0.25) is 5.15 Å². The Bertz CT molecular complexity index is 542. The van der Waals surface area contributed by atoms with E-state index in [1.54, 1.807) is 17.5 Å². The van der Waals surface area contributed by atoms with Crippen LogP contribution in [0.5, 0.6) is 0 Å². The zero-order valence-electron chi connectivity index (χ0n) is 10.6. The van der Waals surface area contributed by atoms with Gasteiger partial charge in [0.2, 0.25) is 0 Å². The molecule has 102 valence electrons. The van der Waals surface area contributed by atoms with E-state index in [1.165, 1.54) is 0 Å². The summed E-state index contributed by atoms with van der Waals surface area (Å²) in [6.07, 6.45) is 3.58. The predicted molar refractivity (Wildman–Crippen MR) is 74.3 cm³/mol. The van der Waals surface area contributed by atoms with Gasteiger partial charge >= 0.3 is 0 Å². The van der Waals surface area contributed by atoms with Gasteiger partial charge in [0.25, 0.3) is 0 Å². The first-order chi connectivity index (χ1) is 9.24. The fourth-order valence-corrected chi connectivity index (χ4v) is 2.98. The Morgan fingerprint density at radius 2 is 2.42 bits per heavy atom. The van der Waals surface area contributed by atoms with Gasteiger partial charge in [0.1, 0.15) is 22.1 Å². The van der Waals surface area contributed by atoms with Gasteiger partial charge in [0.15, 0.2) is 0 Å². The number of rotatable bonds is 3. The molecular weight excluding hydrogens is 284 g/mol. The lowest BCUT2D eigenvalue weighted by Gasteiger charge is -2.31. The van der Waals surface area contributed by atoms with E-state index < -0.39 is 0 Å². The maximum Gasteiger partial charge on any atom is 0.128 e. The Labute approximate surface area is 120 Å². The van der Waals surface area contributed by atoms with E-state index >= 15 is 0 Å². The molecule has 1 aliphatic rings. The van der Waals surface area contributed by atoms with Gasteiger partial charge < -0.3 is 9.30 Å². The molecule has 1 fully saturated rings. The fraction of sp³-hybridized carbons (Fsp3) is 0.500. The summed E-state index contributed by atoms with van der Waals surface area (Å²) in [5, 5.41) is 3.69. The molecule has 0 unspecified atom stereocenters. The number of hydrogen-bond donors (Lipinski definition) is 0. The summed E-state index contributed by atoms with van der Waals surface area (Å²) in [7, 11) is 1.93. The number of halogens is 1. The van der Waals surface area contributed by atoms with Crippen molar-refractivity contribution in [2.24, 2.45) is 7.05 Å². The van der Waals surface area contributed by atoms with Gasteiger partial charge in [-0.25, -0.2) is 9.97 Å². The van der Waals surface area contributed by atoms with E-state index in [4.69, 9.17) is 16.3 Å². The van der Waals surface area contributed by atoms with Gasteiger partial charge in [-0.3, -0.25) is 4.90 Å². The highest BCUT2D eigenvalue weighted by atomic mass is 35.5. The average Bonchev–Trinajstić information content (AvgIpc) is 3.05. The van der Waals surface area contributed by atoms with Crippen LogP contribution in [0, 0.1) is 0 Å². The molecule has 0 N–H and O–H groups in total. The van der Waals surface area contributed by atoms with Crippen LogP contribution in [0.4, 0.5) is 0 Å². The minimum absolute atomic E-state index is 0.0736. The van der Waals surface area contributed by atoms with Crippen LogP contribution in [0.15, 0.2) is 17.8 Å². The van der Waals surface area contributed by atoms with Crippen molar-refractivity contribution in [3.63, 3.8) is 0 Å². The number of imidazole rings is 1. The van der Waals surface area contributed by atoms with Crippen molar-refractivity contribution in [3.8, 4) is 0 Å². The fourth-order valence-electron chi connectivity index (χ4n) is 2.16. The number of hydrogen-bond acceptors (Lipinski definition) is 5. The van der Waals surface area contributed by atoms with Crippen LogP contribution >= 0.6 is 22.9 Å². The van der Waals surface area contributed by atoms with E-state index in [0.29, 0.717) is 5.15 Å². The highest BCUT2D eigenvalue weighted by Gasteiger charge is 2.24. The number of nitrogens with zero attached hydrogens (tertiary/aromatic N) is 4. The van der Waals surface area contributed by atoms with Crippen LogP contribution in [0.1, 0.15) is 16.9 Å². The number of aromatic nitrogens is 3. The van der Waals surface area contributed by atoms with Crippen LogP contribution in [0.25, 0.3) is 0 Å². The Kier molecular flexibility index (Phi) is 3.83. The summed E-state index contributed by atoms with van der Waals surface area (Å²) >= 11 is 7.65. The van der Waals surface area contributed by atoms with Crippen LogP contribution in [0.3, 0.4) is 0 Å². The minimum Gasteiger partial charge on any atom is -0.368 e. The van der Waals surface area contributed by atoms with Crippen LogP contribution in [-0.4, -0.2) is 39.1 Å². The Balaban J connectivity index is 1.67. The third-order valence-corrected chi connectivity index (χ3v) is 4.49. The summed E-state index contributed by atoms with van der Waals surface area (Å²) in [5.41, 5.74) is 0. The summed E-state index contributed by atoms with van der Waals surface area (Å²) in [6, 6.07) is 0. The van der Waals surface area contributed by atoms with Gasteiger partial charge in [0.05, 0.1) is 19.3 Å². The molecule has 5 nitrogen and oxygen atoms in total. The van der Waals surface area contributed by atoms with Gasteiger partial charge in [-0.1, -0.05) is 11.6 Å². The summed E-state index contributed by atoms with van der Waals surface area (Å²) in [4.78, 5) is 11.0. The zero-order valence-corrected chi connectivity index (χ0v) is 12.2. The molecule has 0 saturated carbocycles. The lowest BCUT2D eigenvalue weighted by atomic mass is 10.3. The minimum atomic E-state index is 0.0736. The molecule has 3 heterocycles. The van der Waals surface area contributed by atoms with Gasteiger partial charge in [-0.2, -0.15) is 0 Å². The van der Waals surface area contributed by atoms with Crippen molar-refractivity contribution in [3.05, 3.63) is 33.8 Å². The molecule has 2 aromatic heterocycles. The van der Waals surface area contributed by atoms with E-state index in [9.17, 15) is 0 Å². The van der Waals surface area contributed by atoms with Crippen molar-refractivity contribution in [1.29, 1.82) is 0 Å². The van der Waals surface area contributed by atoms with Crippen molar-refractivity contribution < 1.29 is 4.74 Å². The molecule has 7 heteroatoms. The second-order valence-electron chi connectivity index (χ2n) is 4.52. The second kappa shape index (κ2) is 5.58. The number of ether oxygens (including phenoxy) is 1. The summed E-state index contributed by atoms with van der Waals surface area (Å²) in [5.74, 6) is 0.977. The van der Waals surface area contributed by atoms with Gasteiger partial charge in [-0.05, 0) is 0 Å².